The van der Waals surface area contributed by atoms with E-state index in [9.17, 15) is 13.6 Å². The summed E-state index contributed by atoms with van der Waals surface area (Å²) in [6.45, 7) is 3.03. The third-order valence-electron chi connectivity index (χ3n) is 4.49. The smallest absolute Gasteiger partial charge is 0.230 e. The lowest BCUT2D eigenvalue weighted by Crippen LogP contribution is -2.26. The lowest BCUT2D eigenvalue weighted by atomic mass is 10.1. The molecule has 5 nitrogen and oxygen atoms in total. The molecular formula is C19H17F2N3O2S2. The molecule has 9 heteroatoms. The highest BCUT2D eigenvalue weighted by Gasteiger charge is 2.24. The van der Waals surface area contributed by atoms with Gasteiger partial charge in [0.15, 0.2) is 16.8 Å². The summed E-state index contributed by atoms with van der Waals surface area (Å²) >= 11 is 2.82. The number of amides is 1. The zero-order chi connectivity index (χ0) is 19.8. The summed E-state index contributed by atoms with van der Waals surface area (Å²) in [5, 5.41) is 5.82. The summed E-state index contributed by atoms with van der Waals surface area (Å²) in [6, 6.07) is 3.93. The molecule has 1 aromatic carbocycles. The second-order valence-electron chi connectivity index (χ2n) is 6.46. The molecule has 0 saturated heterocycles. The van der Waals surface area contributed by atoms with Gasteiger partial charge in [-0.1, -0.05) is 6.07 Å². The third-order valence-corrected chi connectivity index (χ3v) is 6.55. The van der Waals surface area contributed by atoms with E-state index in [4.69, 9.17) is 4.74 Å². The van der Waals surface area contributed by atoms with E-state index in [2.05, 4.69) is 10.3 Å². The van der Waals surface area contributed by atoms with Crippen LogP contribution >= 0.6 is 22.7 Å². The van der Waals surface area contributed by atoms with Gasteiger partial charge in [-0.15, -0.1) is 22.7 Å². The monoisotopic (exact) mass is 421 g/mol. The number of carbonyl (C=O) groups is 1. The van der Waals surface area contributed by atoms with Crippen LogP contribution in [0.25, 0.3) is 11.3 Å². The predicted octanol–water partition coefficient (Wildman–Crippen LogP) is 4.56. The summed E-state index contributed by atoms with van der Waals surface area (Å²) in [5.41, 5.74) is 2.38. The second-order valence-corrected chi connectivity index (χ2v) is 8.52. The Bertz CT molecular complexity index is 1050. The molecule has 28 heavy (non-hydrogen) atoms. The van der Waals surface area contributed by atoms with Crippen LogP contribution in [-0.4, -0.2) is 24.7 Å². The van der Waals surface area contributed by atoms with Crippen LogP contribution in [0.15, 0.2) is 23.6 Å². The molecule has 146 valence electrons. The van der Waals surface area contributed by atoms with Crippen molar-refractivity contribution in [2.24, 2.45) is 0 Å². The van der Waals surface area contributed by atoms with Gasteiger partial charge in [0.05, 0.1) is 23.7 Å². The number of nitrogens with one attached hydrogen (secondary N) is 1. The largest absolute Gasteiger partial charge is 0.356 e. The van der Waals surface area contributed by atoms with Gasteiger partial charge in [-0.05, 0) is 24.6 Å². The maximum absolute atomic E-state index is 13.9. The Morgan fingerprint density at radius 2 is 2.21 bits per heavy atom. The van der Waals surface area contributed by atoms with Crippen molar-refractivity contribution in [1.29, 1.82) is 0 Å². The highest BCUT2D eigenvalue weighted by atomic mass is 32.1. The molecule has 2 aromatic heterocycles. The van der Waals surface area contributed by atoms with Crippen LogP contribution in [0.1, 0.15) is 16.0 Å². The van der Waals surface area contributed by atoms with Crippen LogP contribution in [0.3, 0.4) is 0 Å². The van der Waals surface area contributed by atoms with E-state index >= 15 is 0 Å². The molecule has 4 rings (SSSR count). The Morgan fingerprint density at radius 1 is 1.39 bits per heavy atom. The highest BCUT2D eigenvalue weighted by molar-refractivity contribution is 7.16. The van der Waals surface area contributed by atoms with E-state index < -0.39 is 11.6 Å². The first-order chi connectivity index (χ1) is 13.4. The zero-order valence-corrected chi connectivity index (χ0v) is 16.8. The van der Waals surface area contributed by atoms with Crippen LogP contribution in [-0.2, 0) is 22.6 Å². The molecule has 0 bridgehead atoms. The molecule has 3 aromatic rings. The molecular weight excluding hydrogens is 404 g/mol. The van der Waals surface area contributed by atoms with Crippen LogP contribution in [0, 0.1) is 18.6 Å². The van der Waals surface area contributed by atoms with Crippen molar-refractivity contribution in [2.75, 3.05) is 24.0 Å². The number of thiazole rings is 1. The van der Waals surface area contributed by atoms with Crippen molar-refractivity contribution < 1.29 is 18.3 Å². The van der Waals surface area contributed by atoms with E-state index in [1.165, 1.54) is 23.5 Å². The Hall–Kier alpha value is -2.36. The zero-order valence-electron chi connectivity index (χ0n) is 15.2. The molecule has 0 saturated carbocycles. The Kier molecular flexibility index (Phi) is 5.13. The lowest BCUT2D eigenvalue weighted by molar-refractivity contribution is -0.115. The Labute approximate surface area is 168 Å². The van der Waals surface area contributed by atoms with Crippen LogP contribution in [0.5, 0.6) is 0 Å². The number of ether oxygens (including phenoxy) is 1. The van der Waals surface area contributed by atoms with Crippen molar-refractivity contribution in [2.45, 2.75) is 20.0 Å². The molecule has 0 radical (unpaired) electrons. The predicted molar refractivity (Wildman–Crippen MR) is 107 cm³/mol. The van der Waals surface area contributed by atoms with Gasteiger partial charge in [-0.25, -0.2) is 13.8 Å². The van der Waals surface area contributed by atoms with Crippen molar-refractivity contribution in [3.05, 3.63) is 51.2 Å². The van der Waals surface area contributed by atoms with Gasteiger partial charge in [0, 0.05) is 28.4 Å². The van der Waals surface area contributed by atoms with Gasteiger partial charge in [0.1, 0.15) is 6.73 Å². The highest BCUT2D eigenvalue weighted by Crippen LogP contribution is 2.38. The summed E-state index contributed by atoms with van der Waals surface area (Å²) < 4.78 is 32.9. The minimum absolute atomic E-state index is 0.0692. The normalized spacial score (nSPS) is 13.5. The number of fused-ring (bicyclic) bond motifs is 1. The summed E-state index contributed by atoms with van der Waals surface area (Å²) in [6.07, 6.45) is 0.206. The number of aromatic nitrogens is 1. The maximum atomic E-state index is 13.9. The summed E-state index contributed by atoms with van der Waals surface area (Å²) in [5.74, 6) is -2.09. The first-order valence-corrected chi connectivity index (χ1v) is 10.2. The molecule has 0 aliphatic carbocycles. The van der Waals surface area contributed by atoms with Gasteiger partial charge in [0.25, 0.3) is 0 Å². The molecule has 0 fully saturated rings. The van der Waals surface area contributed by atoms with Gasteiger partial charge in [0.2, 0.25) is 5.91 Å². The van der Waals surface area contributed by atoms with Crippen molar-refractivity contribution in [3.8, 4) is 11.3 Å². The van der Waals surface area contributed by atoms with Crippen LogP contribution in [0.2, 0.25) is 0 Å². The van der Waals surface area contributed by atoms with Gasteiger partial charge >= 0.3 is 0 Å². The fourth-order valence-corrected chi connectivity index (χ4v) is 4.97. The van der Waals surface area contributed by atoms with Gasteiger partial charge < -0.3 is 15.0 Å². The number of nitrogens with zero attached hydrogens (tertiary/aromatic N) is 2. The van der Waals surface area contributed by atoms with Crippen molar-refractivity contribution in [3.63, 3.8) is 0 Å². The van der Waals surface area contributed by atoms with E-state index in [-0.39, 0.29) is 23.6 Å². The van der Waals surface area contributed by atoms with E-state index in [0.717, 1.165) is 27.1 Å². The van der Waals surface area contributed by atoms with Crippen molar-refractivity contribution in [1.82, 2.24) is 4.98 Å². The van der Waals surface area contributed by atoms with E-state index in [0.29, 0.717) is 18.5 Å². The number of halogens is 2. The average Bonchev–Trinajstić information content (AvgIpc) is 3.24. The molecule has 1 amide bonds. The Balaban J connectivity index is 1.50. The number of aryl methyl sites for hydroxylation is 1. The molecule has 0 unspecified atom stereocenters. The van der Waals surface area contributed by atoms with Gasteiger partial charge in [-0.2, -0.15) is 0 Å². The molecule has 1 aliphatic rings. The number of hydrogen-bond acceptors (Lipinski definition) is 6. The Morgan fingerprint density at radius 3 is 3.04 bits per heavy atom. The number of rotatable bonds is 4. The number of benzene rings is 1. The van der Waals surface area contributed by atoms with Crippen LogP contribution < -0.4 is 10.2 Å². The first kappa shape index (κ1) is 19.0. The van der Waals surface area contributed by atoms with Crippen molar-refractivity contribution >= 4 is 38.7 Å². The molecule has 0 atom stereocenters. The van der Waals surface area contributed by atoms with E-state index in [1.807, 2.05) is 18.9 Å². The molecule has 3 heterocycles. The second kappa shape index (κ2) is 7.57. The average molecular weight is 421 g/mol. The first-order valence-electron chi connectivity index (χ1n) is 8.54. The molecule has 1 N–H and O–H groups in total. The lowest BCUT2D eigenvalue weighted by Gasteiger charge is -2.24. The minimum atomic E-state index is -0.949. The van der Waals surface area contributed by atoms with Gasteiger partial charge in [-0.3, -0.25) is 4.79 Å². The molecule has 1 aliphatic heterocycles. The maximum Gasteiger partial charge on any atom is 0.230 e. The minimum Gasteiger partial charge on any atom is -0.356 e. The summed E-state index contributed by atoms with van der Waals surface area (Å²) in [4.78, 5) is 19.9. The number of thiophene rings is 1. The SMILES string of the molecule is Cc1sc2c(c1CC(=O)Nc1nc(-c3cccc(F)c3F)cs1)COCN2C. The third kappa shape index (κ3) is 3.52. The fraction of sp³-hybridized carbons (Fsp3) is 0.263. The topological polar surface area (TPSA) is 54.5 Å². The summed E-state index contributed by atoms with van der Waals surface area (Å²) in [7, 11) is 1.96. The molecule has 0 spiro atoms. The van der Waals surface area contributed by atoms with Crippen LogP contribution in [0.4, 0.5) is 18.9 Å². The number of carbonyl (C=O) groups excluding carboxylic acids is 1. The number of hydrogen-bond donors (Lipinski definition) is 1. The standard InChI is InChI=1S/C19H17F2N3O2S2/c1-10-12(13-7-26-9-24(2)18(13)28-10)6-16(25)23-19-22-15(8-27-19)11-4-3-5-14(20)17(11)21/h3-5,8H,6-7,9H2,1-2H3,(H,22,23,25). The quantitative estimate of drug-likeness (QED) is 0.671. The van der Waals surface area contributed by atoms with E-state index in [1.54, 1.807) is 16.7 Å². The number of anilines is 2. The fourth-order valence-electron chi connectivity index (χ4n) is 3.12.